The molecule has 0 saturated heterocycles. The molecule has 0 aliphatic carbocycles. The Morgan fingerprint density at radius 1 is 1.11 bits per heavy atom. The third-order valence-electron chi connectivity index (χ3n) is 2.98. The first-order valence-corrected chi connectivity index (χ1v) is 6.74. The summed E-state index contributed by atoms with van der Waals surface area (Å²) in [7, 11) is 0. The number of halogens is 1. The van der Waals surface area contributed by atoms with Crippen LogP contribution in [0.1, 0.15) is 5.56 Å². The highest BCUT2D eigenvalue weighted by atomic mass is 79.9. The second-order valence-corrected chi connectivity index (χ2v) is 5.15. The third-order valence-corrected chi connectivity index (χ3v) is 3.63. The van der Waals surface area contributed by atoms with Crippen LogP contribution in [0.5, 0.6) is 11.5 Å². The SMILES string of the molecule is Brc1ccccc1OCC1Cc2ccccc2O1. The first-order valence-electron chi connectivity index (χ1n) is 5.95. The molecule has 0 spiro atoms. The van der Waals surface area contributed by atoms with Gasteiger partial charge in [-0.2, -0.15) is 0 Å². The Hall–Kier alpha value is -1.48. The number of hydrogen-bond donors (Lipinski definition) is 0. The van der Waals surface area contributed by atoms with E-state index in [4.69, 9.17) is 9.47 Å². The Bertz CT molecular complexity index is 529. The van der Waals surface area contributed by atoms with Gasteiger partial charge in [-0.3, -0.25) is 0 Å². The standard InChI is InChI=1S/C15H13BrO2/c16-13-6-2-4-8-15(13)17-10-12-9-11-5-1-3-7-14(11)18-12/h1-8,12H,9-10H2. The molecule has 1 aliphatic heterocycles. The minimum atomic E-state index is 0.106. The van der Waals surface area contributed by atoms with Gasteiger partial charge < -0.3 is 9.47 Å². The van der Waals surface area contributed by atoms with Crippen LogP contribution in [0.15, 0.2) is 53.0 Å². The van der Waals surface area contributed by atoms with Crippen LogP contribution in [0.3, 0.4) is 0 Å². The molecule has 92 valence electrons. The smallest absolute Gasteiger partial charge is 0.137 e. The lowest BCUT2D eigenvalue weighted by Gasteiger charge is -2.13. The van der Waals surface area contributed by atoms with Gasteiger partial charge in [-0.15, -0.1) is 0 Å². The first kappa shape index (κ1) is 11.6. The molecule has 3 rings (SSSR count). The second kappa shape index (κ2) is 5.02. The van der Waals surface area contributed by atoms with Crippen molar-refractivity contribution in [2.75, 3.05) is 6.61 Å². The van der Waals surface area contributed by atoms with E-state index in [2.05, 4.69) is 22.0 Å². The van der Waals surface area contributed by atoms with E-state index in [-0.39, 0.29) is 6.10 Å². The quantitative estimate of drug-likeness (QED) is 0.858. The van der Waals surface area contributed by atoms with Gasteiger partial charge in [-0.25, -0.2) is 0 Å². The van der Waals surface area contributed by atoms with Crippen molar-refractivity contribution in [2.24, 2.45) is 0 Å². The van der Waals surface area contributed by atoms with Gasteiger partial charge in [0.1, 0.15) is 24.2 Å². The summed E-state index contributed by atoms with van der Waals surface area (Å²) in [5, 5.41) is 0. The minimum absolute atomic E-state index is 0.106. The molecule has 2 nitrogen and oxygen atoms in total. The Labute approximate surface area is 115 Å². The summed E-state index contributed by atoms with van der Waals surface area (Å²) in [6.07, 6.45) is 1.02. The molecule has 0 fully saturated rings. The van der Waals surface area contributed by atoms with Crippen molar-refractivity contribution in [1.82, 2.24) is 0 Å². The fraction of sp³-hybridized carbons (Fsp3) is 0.200. The van der Waals surface area contributed by atoms with Gasteiger partial charge in [0.05, 0.1) is 4.47 Å². The lowest BCUT2D eigenvalue weighted by atomic mass is 10.1. The monoisotopic (exact) mass is 304 g/mol. The first-order chi connectivity index (χ1) is 8.83. The van der Waals surface area contributed by atoms with Crippen LogP contribution < -0.4 is 9.47 Å². The number of fused-ring (bicyclic) bond motifs is 1. The van der Waals surface area contributed by atoms with E-state index in [0.717, 1.165) is 22.4 Å². The van der Waals surface area contributed by atoms with Crippen molar-refractivity contribution >= 4 is 15.9 Å². The van der Waals surface area contributed by atoms with Crippen LogP contribution >= 0.6 is 15.9 Å². The predicted molar refractivity (Wildman–Crippen MR) is 74.2 cm³/mol. The molecule has 1 atom stereocenters. The zero-order valence-electron chi connectivity index (χ0n) is 9.80. The molecule has 3 heteroatoms. The van der Waals surface area contributed by atoms with E-state index in [1.165, 1.54) is 5.56 Å². The Kier molecular flexibility index (Phi) is 3.24. The normalized spacial score (nSPS) is 17.1. The molecule has 0 radical (unpaired) electrons. The molecule has 2 aromatic carbocycles. The van der Waals surface area contributed by atoms with E-state index in [1.807, 2.05) is 42.5 Å². The summed E-state index contributed by atoms with van der Waals surface area (Å²) in [6.45, 7) is 0.567. The number of ether oxygens (including phenoxy) is 2. The molecule has 0 bridgehead atoms. The average molecular weight is 305 g/mol. The molecule has 1 aliphatic rings. The van der Waals surface area contributed by atoms with Crippen LogP contribution in [-0.4, -0.2) is 12.7 Å². The third kappa shape index (κ3) is 2.36. The summed E-state index contributed by atoms with van der Waals surface area (Å²) >= 11 is 3.47. The van der Waals surface area contributed by atoms with Crippen molar-refractivity contribution in [3.63, 3.8) is 0 Å². The van der Waals surface area contributed by atoms with Gasteiger partial charge >= 0.3 is 0 Å². The van der Waals surface area contributed by atoms with Crippen LogP contribution in [0, 0.1) is 0 Å². The van der Waals surface area contributed by atoms with Crippen LogP contribution in [0.25, 0.3) is 0 Å². The molecule has 18 heavy (non-hydrogen) atoms. The molecule has 2 aromatic rings. The number of para-hydroxylation sites is 2. The second-order valence-electron chi connectivity index (χ2n) is 4.29. The molecule has 0 amide bonds. The number of rotatable bonds is 3. The van der Waals surface area contributed by atoms with E-state index < -0.39 is 0 Å². The largest absolute Gasteiger partial charge is 0.489 e. The lowest BCUT2D eigenvalue weighted by molar-refractivity contribution is 0.148. The van der Waals surface area contributed by atoms with E-state index in [9.17, 15) is 0 Å². The molecule has 0 N–H and O–H groups in total. The zero-order valence-corrected chi connectivity index (χ0v) is 11.4. The van der Waals surface area contributed by atoms with E-state index in [1.54, 1.807) is 0 Å². The highest BCUT2D eigenvalue weighted by Crippen LogP contribution is 2.29. The van der Waals surface area contributed by atoms with Crippen LogP contribution in [-0.2, 0) is 6.42 Å². The summed E-state index contributed by atoms with van der Waals surface area (Å²) in [5.41, 5.74) is 1.26. The molecule has 1 heterocycles. The van der Waals surface area contributed by atoms with Gasteiger partial charge in [0.2, 0.25) is 0 Å². The Morgan fingerprint density at radius 2 is 1.89 bits per heavy atom. The molecular weight excluding hydrogens is 292 g/mol. The van der Waals surface area contributed by atoms with Crippen molar-refractivity contribution in [2.45, 2.75) is 12.5 Å². The van der Waals surface area contributed by atoms with E-state index in [0.29, 0.717) is 6.61 Å². The average Bonchev–Trinajstić information content (AvgIpc) is 2.80. The van der Waals surface area contributed by atoms with Gasteiger partial charge in [-0.05, 0) is 39.7 Å². The van der Waals surface area contributed by atoms with Crippen molar-refractivity contribution < 1.29 is 9.47 Å². The Balaban J connectivity index is 1.62. The number of hydrogen-bond acceptors (Lipinski definition) is 2. The van der Waals surface area contributed by atoms with E-state index >= 15 is 0 Å². The summed E-state index contributed by atoms with van der Waals surface area (Å²) in [5.74, 6) is 1.84. The lowest BCUT2D eigenvalue weighted by Crippen LogP contribution is -2.22. The molecule has 1 unspecified atom stereocenters. The molecule has 0 saturated carbocycles. The van der Waals surface area contributed by atoms with Gasteiger partial charge in [0.25, 0.3) is 0 Å². The number of benzene rings is 2. The highest BCUT2D eigenvalue weighted by molar-refractivity contribution is 9.10. The summed E-state index contributed by atoms with van der Waals surface area (Å²) < 4.78 is 12.6. The fourth-order valence-corrected chi connectivity index (χ4v) is 2.49. The predicted octanol–water partition coefficient (Wildman–Crippen LogP) is 3.83. The van der Waals surface area contributed by atoms with Gasteiger partial charge in [0, 0.05) is 6.42 Å². The highest BCUT2D eigenvalue weighted by Gasteiger charge is 2.22. The van der Waals surface area contributed by atoms with Gasteiger partial charge in [0.15, 0.2) is 0 Å². The summed E-state index contributed by atoms with van der Waals surface area (Å²) in [6, 6.07) is 16.0. The Morgan fingerprint density at radius 3 is 2.72 bits per heavy atom. The zero-order chi connectivity index (χ0) is 12.4. The molecule has 0 aromatic heterocycles. The van der Waals surface area contributed by atoms with Gasteiger partial charge in [-0.1, -0.05) is 30.3 Å². The van der Waals surface area contributed by atoms with Crippen LogP contribution in [0.4, 0.5) is 0 Å². The van der Waals surface area contributed by atoms with Crippen LogP contribution in [0.2, 0.25) is 0 Å². The van der Waals surface area contributed by atoms with Crippen molar-refractivity contribution in [3.05, 3.63) is 58.6 Å². The summed E-state index contributed by atoms with van der Waals surface area (Å²) in [4.78, 5) is 0. The minimum Gasteiger partial charge on any atom is -0.489 e. The van der Waals surface area contributed by atoms with Crippen molar-refractivity contribution in [3.8, 4) is 11.5 Å². The molecular formula is C15H13BrO2. The fourth-order valence-electron chi connectivity index (χ4n) is 2.09. The van der Waals surface area contributed by atoms with Crippen molar-refractivity contribution in [1.29, 1.82) is 0 Å². The maximum atomic E-state index is 5.83. The maximum absolute atomic E-state index is 5.83. The topological polar surface area (TPSA) is 18.5 Å². The maximum Gasteiger partial charge on any atom is 0.137 e.